The lowest BCUT2D eigenvalue weighted by Crippen LogP contribution is -2.16. The number of hydrogen-bond donors (Lipinski definition) is 2. The third-order valence-corrected chi connectivity index (χ3v) is 2.61. The lowest BCUT2D eigenvalue weighted by molar-refractivity contribution is -0.125. The van der Waals surface area contributed by atoms with Crippen LogP contribution >= 0.6 is 0 Å². The van der Waals surface area contributed by atoms with Crippen LogP contribution in [0.15, 0.2) is 24.4 Å². The van der Waals surface area contributed by atoms with Gasteiger partial charge in [-0.05, 0) is 24.6 Å². The van der Waals surface area contributed by atoms with E-state index in [9.17, 15) is 9.59 Å². The van der Waals surface area contributed by atoms with Crippen molar-refractivity contribution in [3.8, 4) is 0 Å². The Morgan fingerprint density at radius 2 is 2.22 bits per heavy atom. The standard InChI is InChI=1S/C13H15N3O2/c1-2-3-11(17)7-13(18)15-10-4-5-12-9(6-10)8-14-16-12/h4-6,8H,2-3,7H2,1H3,(H,14,16)(H,15,18). The Balaban J connectivity index is 2.00. The van der Waals surface area contributed by atoms with Crippen LogP contribution in [0.5, 0.6) is 0 Å². The van der Waals surface area contributed by atoms with E-state index in [1.54, 1.807) is 12.3 Å². The molecule has 0 fully saturated rings. The molecule has 0 spiro atoms. The minimum atomic E-state index is -0.267. The average Bonchev–Trinajstić information content (AvgIpc) is 2.76. The van der Waals surface area contributed by atoms with Gasteiger partial charge in [-0.3, -0.25) is 14.7 Å². The molecule has 5 heteroatoms. The first-order chi connectivity index (χ1) is 8.69. The zero-order valence-electron chi connectivity index (χ0n) is 10.2. The van der Waals surface area contributed by atoms with Crippen LogP contribution in [-0.2, 0) is 9.59 Å². The predicted molar refractivity (Wildman–Crippen MR) is 69.3 cm³/mol. The Morgan fingerprint density at radius 3 is 3.00 bits per heavy atom. The molecule has 1 amide bonds. The maximum Gasteiger partial charge on any atom is 0.231 e. The predicted octanol–water partition coefficient (Wildman–Crippen LogP) is 2.26. The van der Waals surface area contributed by atoms with Crippen LogP contribution in [0, 0.1) is 0 Å². The Hall–Kier alpha value is -2.17. The number of anilines is 1. The van der Waals surface area contributed by atoms with Gasteiger partial charge in [0.25, 0.3) is 0 Å². The number of nitrogens with zero attached hydrogens (tertiary/aromatic N) is 1. The first kappa shape index (κ1) is 12.3. The highest BCUT2D eigenvalue weighted by Gasteiger charge is 2.09. The number of benzene rings is 1. The van der Waals surface area contributed by atoms with Crippen LogP contribution in [0.4, 0.5) is 5.69 Å². The summed E-state index contributed by atoms with van der Waals surface area (Å²) in [7, 11) is 0. The summed E-state index contributed by atoms with van der Waals surface area (Å²) >= 11 is 0. The maximum atomic E-state index is 11.6. The maximum absolute atomic E-state index is 11.6. The fourth-order valence-corrected chi connectivity index (χ4v) is 1.77. The second-order valence-corrected chi connectivity index (χ2v) is 4.19. The molecule has 2 aromatic rings. The van der Waals surface area contributed by atoms with Gasteiger partial charge in [0.1, 0.15) is 5.78 Å². The summed E-state index contributed by atoms with van der Waals surface area (Å²) in [6.45, 7) is 1.92. The number of fused-ring (bicyclic) bond motifs is 1. The molecule has 1 heterocycles. The van der Waals surface area contributed by atoms with Gasteiger partial charge < -0.3 is 5.32 Å². The number of carbonyl (C=O) groups is 2. The van der Waals surface area contributed by atoms with Crippen molar-refractivity contribution in [2.45, 2.75) is 26.2 Å². The third kappa shape index (κ3) is 2.94. The zero-order valence-corrected chi connectivity index (χ0v) is 10.2. The van der Waals surface area contributed by atoms with Gasteiger partial charge in [-0.1, -0.05) is 6.92 Å². The van der Waals surface area contributed by atoms with E-state index in [1.165, 1.54) is 0 Å². The van der Waals surface area contributed by atoms with E-state index in [0.29, 0.717) is 12.1 Å². The molecule has 0 saturated carbocycles. The van der Waals surface area contributed by atoms with Crippen molar-refractivity contribution in [3.63, 3.8) is 0 Å². The highest BCUT2D eigenvalue weighted by Crippen LogP contribution is 2.16. The molecular formula is C13H15N3O2. The van der Waals surface area contributed by atoms with Gasteiger partial charge in [-0.2, -0.15) is 5.10 Å². The van der Waals surface area contributed by atoms with E-state index in [4.69, 9.17) is 0 Å². The Morgan fingerprint density at radius 1 is 1.39 bits per heavy atom. The van der Waals surface area contributed by atoms with E-state index in [0.717, 1.165) is 17.3 Å². The Labute approximate surface area is 105 Å². The monoisotopic (exact) mass is 245 g/mol. The summed E-state index contributed by atoms with van der Waals surface area (Å²) in [4.78, 5) is 23.0. The summed E-state index contributed by atoms with van der Waals surface area (Å²) in [6, 6.07) is 5.44. The van der Waals surface area contributed by atoms with Crippen molar-refractivity contribution < 1.29 is 9.59 Å². The van der Waals surface area contributed by atoms with Gasteiger partial charge in [0.05, 0.1) is 18.1 Å². The number of carbonyl (C=O) groups excluding carboxylic acids is 2. The molecule has 0 aliphatic heterocycles. The van der Waals surface area contributed by atoms with E-state index in [-0.39, 0.29) is 18.1 Å². The highest BCUT2D eigenvalue weighted by atomic mass is 16.2. The largest absolute Gasteiger partial charge is 0.326 e. The number of rotatable bonds is 5. The van der Waals surface area contributed by atoms with E-state index in [2.05, 4.69) is 15.5 Å². The number of aromatic nitrogens is 2. The Bertz CT molecular complexity index is 574. The van der Waals surface area contributed by atoms with Gasteiger partial charge in [0.2, 0.25) is 5.91 Å². The van der Waals surface area contributed by atoms with E-state index < -0.39 is 0 Å². The quantitative estimate of drug-likeness (QED) is 0.793. The molecule has 94 valence electrons. The van der Waals surface area contributed by atoms with Crippen LogP contribution in [0.1, 0.15) is 26.2 Å². The summed E-state index contributed by atoms with van der Waals surface area (Å²) in [6.07, 6.45) is 2.85. The molecule has 1 aromatic heterocycles. The van der Waals surface area contributed by atoms with Crippen LogP contribution in [0.25, 0.3) is 10.9 Å². The number of ketones is 1. The van der Waals surface area contributed by atoms with Gasteiger partial charge in [0.15, 0.2) is 0 Å². The number of aromatic amines is 1. The number of H-pyrrole nitrogens is 1. The van der Waals surface area contributed by atoms with Gasteiger partial charge >= 0.3 is 0 Å². The minimum absolute atomic E-state index is 0.0283. The summed E-state index contributed by atoms with van der Waals surface area (Å²) < 4.78 is 0. The molecule has 2 N–H and O–H groups in total. The lowest BCUT2D eigenvalue weighted by Gasteiger charge is -2.04. The van der Waals surface area contributed by atoms with Crippen molar-refractivity contribution >= 4 is 28.3 Å². The number of amides is 1. The molecule has 18 heavy (non-hydrogen) atoms. The normalized spacial score (nSPS) is 10.5. The molecule has 0 aliphatic carbocycles. The van der Waals surface area contributed by atoms with Crippen molar-refractivity contribution in [1.82, 2.24) is 10.2 Å². The SMILES string of the molecule is CCCC(=O)CC(=O)Nc1ccc2[nH]ncc2c1. The number of Topliss-reactive ketones (excluding diaryl/α,β-unsaturated/α-hetero) is 1. The summed E-state index contributed by atoms with van der Waals surface area (Å²) in [5.41, 5.74) is 1.59. The van der Waals surface area contributed by atoms with Gasteiger partial charge in [-0.25, -0.2) is 0 Å². The molecule has 2 rings (SSSR count). The molecule has 0 bridgehead atoms. The molecule has 0 atom stereocenters. The highest BCUT2D eigenvalue weighted by molar-refractivity contribution is 6.04. The molecule has 0 unspecified atom stereocenters. The lowest BCUT2D eigenvalue weighted by atomic mass is 10.1. The second kappa shape index (κ2) is 5.44. The molecule has 5 nitrogen and oxygen atoms in total. The first-order valence-electron chi connectivity index (χ1n) is 5.93. The fraction of sp³-hybridized carbons (Fsp3) is 0.308. The van der Waals surface area contributed by atoms with E-state index >= 15 is 0 Å². The third-order valence-electron chi connectivity index (χ3n) is 2.61. The van der Waals surface area contributed by atoms with Crippen molar-refractivity contribution in [3.05, 3.63) is 24.4 Å². The number of nitrogens with one attached hydrogen (secondary N) is 2. The van der Waals surface area contributed by atoms with Crippen molar-refractivity contribution in [1.29, 1.82) is 0 Å². The van der Waals surface area contributed by atoms with Crippen LogP contribution in [0.3, 0.4) is 0 Å². The first-order valence-corrected chi connectivity index (χ1v) is 5.93. The smallest absolute Gasteiger partial charge is 0.231 e. The zero-order chi connectivity index (χ0) is 13.0. The van der Waals surface area contributed by atoms with Crippen LogP contribution in [-0.4, -0.2) is 21.9 Å². The van der Waals surface area contributed by atoms with Crippen LogP contribution < -0.4 is 5.32 Å². The average molecular weight is 245 g/mol. The second-order valence-electron chi connectivity index (χ2n) is 4.19. The minimum Gasteiger partial charge on any atom is -0.326 e. The molecule has 0 radical (unpaired) electrons. The fourth-order valence-electron chi connectivity index (χ4n) is 1.77. The molecule has 0 aliphatic rings. The van der Waals surface area contributed by atoms with Crippen molar-refractivity contribution in [2.24, 2.45) is 0 Å². The molecular weight excluding hydrogens is 230 g/mol. The van der Waals surface area contributed by atoms with E-state index in [1.807, 2.05) is 19.1 Å². The van der Waals surface area contributed by atoms with Crippen LogP contribution in [0.2, 0.25) is 0 Å². The Kier molecular flexibility index (Phi) is 3.72. The van der Waals surface area contributed by atoms with Gasteiger partial charge in [-0.15, -0.1) is 0 Å². The number of hydrogen-bond acceptors (Lipinski definition) is 3. The summed E-state index contributed by atoms with van der Waals surface area (Å²) in [5.74, 6) is -0.296. The van der Waals surface area contributed by atoms with Gasteiger partial charge in [0, 0.05) is 17.5 Å². The molecule has 1 aromatic carbocycles. The topological polar surface area (TPSA) is 74.8 Å². The summed E-state index contributed by atoms with van der Waals surface area (Å²) in [5, 5.41) is 10.4. The van der Waals surface area contributed by atoms with Crippen molar-refractivity contribution in [2.75, 3.05) is 5.32 Å². The molecule has 0 saturated heterocycles.